The average Bonchev–Trinajstić information content (AvgIpc) is 3.03. The number of hydrogen-bond donors (Lipinski definition) is 1. The molecule has 0 aliphatic carbocycles. The van der Waals surface area contributed by atoms with Crippen LogP contribution in [-0.4, -0.2) is 39.0 Å². The minimum Gasteiger partial charge on any atom is -0.352 e. The summed E-state index contributed by atoms with van der Waals surface area (Å²) in [4.78, 5) is 19.1. The summed E-state index contributed by atoms with van der Waals surface area (Å²) in [6, 6.07) is 9.15. The van der Waals surface area contributed by atoms with Crippen LogP contribution in [0.4, 0.5) is 0 Å². The summed E-state index contributed by atoms with van der Waals surface area (Å²) >= 11 is 0. The van der Waals surface area contributed by atoms with Crippen LogP contribution >= 0.6 is 0 Å². The van der Waals surface area contributed by atoms with Crippen molar-refractivity contribution in [1.82, 2.24) is 19.8 Å². The van der Waals surface area contributed by atoms with Gasteiger partial charge in [0.05, 0.1) is 17.6 Å². The fraction of sp³-hybridized carbons (Fsp3) is 0.556. The molecule has 122 valence electrons. The Morgan fingerprint density at radius 2 is 2.17 bits per heavy atom. The molecule has 1 aromatic carbocycles. The molecule has 0 bridgehead atoms. The van der Waals surface area contributed by atoms with Crippen molar-refractivity contribution >= 4 is 16.9 Å². The molecule has 4 rings (SSSR count). The van der Waals surface area contributed by atoms with Crippen LogP contribution in [0.3, 0.4) is 0 Å². The molecule has 0 unspecified atom stereocenters. The van der Waals surface area contributed by atoms with E-state index in [4.69, 9.17) is 4.98 Å². The maximum atomic E-state index is 11.8. The fourth-order valence-corrected chi connectivity index (χ4v) is 4.20. The molecule has 1 aromatic heterocycles. The Balaban J connectivity index is 1.59. The highest BCUT2D eigenvalue weighted by Crippen LogP contribution is 2.27. The predicted octanol–water partition coefficient (Wildman–Crippen LogP) is 2.30. The SMILES string of the molecule is CCn1c(CN2CC[C@H]3NC(=O)CCC[C@H]32)nc2ccccc21. The molecule has 23 heavy (non-hydrogen) atoms. The van der Waals surface area contributed by atoms with Crippen molar-refractivity contribution in [2.24, 2.45) is 0 Å². The summed E-state index contributed by atoms with van der Waals surface area (Å²) in [6.45, 7) is 5.03. The smallest absolute Gasteiger partial charge is 0.220 e. The lowest BCUT2D eigenvalue weighted by atomic mass is 10.1. The van der Waals surface area contributed by atoms with Crippen molar-refractivity contribution in [2.75, 3.05) is 6.54 Å². The number of nitrogens with one attached hydrogen (secondary N) is 1. The van der Waals surface area contributed by atoms with Crippen LogP contribution in [0.25, 0.3) is 11.0 Å². The molecule has 2 aromatic rings. The number of rotatable bonds is 3. The van der Waals surface area contributed by atoms with Crippen LogP contribution in [0.2, 0.25) is 0 Å². The van der Waals surface area contributed by atoms with Crippen molar-refractivity contribution in [2.45, 2.75) is 57.8 Å². The molecule has 2 atom stereocenters. The lowest BCUT2D eigenvalue weighted by Crippen LogP contribution is -2.42. The highest BCUT2D eigenvalue weighted by Gasteiger charge is 2.36. The normalized spacial score (nSPS) is 25.3. The molecule has 2 aliphatic rings. The van der Waals surface area contributed by atoms with Gasteiger partial charge in [0.1, 0.15) is 5.82 Å². The highest BCUT2D eigenvalue weighted by molar-refractivity contribution is 5.77. The maximum absolute atomic E-state index is 11.8. The van der Waals surface area contributed by atoms with E-state index < -0.39 is 0 Å². The van der Waals surface area contributed by atoms with Gasteiger partial charge in [0.2, 0.25) is 5.91 Å². The van der Waals surface area contributed by atoms with Gasteiger partial charge in [0.15, 0.2) is 0 Å². The zero-order valence-corrected chi connectivity index (χ0v) is 13.7. The molecule has 0 radical (unpaired) electrons. The average molecular weight is 312 g/mol. The third-order valence-corrected chi connectivity index (χ3v) is 5.31. The van der Waals surface area contributed by atoms with Crippen LogP contribution in [0.15, 0.2) is 24.3 Å². The van der Waals surface area contributed by atoms with Gasteiger partial charge in [0.25, 0.3) is 0 Å². The summed E-state index contributed by atoms with van der Waals surface area (Å²) in [5.74, 6) is 1.37. The molecule has 2 fully saturated rings. The van der Waals surface area contributed by atoms with Gasteiger partial charge >= 0.3 is 0 Å². The molecule has 0 spiro atoms. The van der Waals surface area contributed by atoms with E-state index >= 15 is 0 Å². The van der Waals surface area contributed by atoms with Gasteiger partial charge in [-0.15, -0.1) is 0 Å². The molecule has 1 N–H and O–H groups in total. The molecular weight excluding hydrogens is 288 g/mol. The summed E-state index contributed by atoms with van der Waals surface area (Å²) in [5.41, 5.74) is 2.30. The van der Waals surface area contributed by atoms with E-state index in [9.17, 15) is 4.79 Å². The molecule has 0 saturated carbocycles. The van der Waals surface area contributed by atoms with Crippen molar-refractivity contribution < 1.29 is 4.79 Å². The Kier molecular flexibility index (Phi) is 3.81. The topological polar surface area (TPSA) is 50.2 Å². The van der Waals surface area contributed by atoms with Crippen LogP contribution in [0.5, 0.6) is 0 Å². The number of para-hydroxylation sites is 2. The van der Waals surface area contributed by atoms with E-state index in [-0.39, 0.29) is 5.91 Å². The minimum absolute atomic E-state index is 0.222. The van der Waals surface area contributed by atoms with Crippen molar-refractivity contribution in [3.05, 3.63) is 30.1 Å². The Labute approximate surface area is 136 Å². The first kappa shape index (κ1) is 14.7. The van der Waals surface area contributed by atoms with Crippen LogP contribution < -0.4 is 5.32 Å². The third kappa shape index (κ3) is 2.63. The second kappa shape index (κ2) is 5.96. The molecule has 1 amide bonds. The Bertz CT molecular complexity index is 723. The highest BCUT2D eigenvalue weighted by atomic mass is 16.1. The molecule has 2 saturated heterocycles. The minimum atomic E-state index is 0.222. The number of imidazole rings is 1. The number of likely N-dealkylation sites (tertiary alicyclic amines) is 1. The lowest BCUT2D eigenvalue weighted by Gasteiger charge is -2.26. The van der Waals surface area contributed by atoms with E-state index in [0.717, 1.165) is 50.2 Å². The van der Waals surface area contributed by atoms with Gasteiger partial charge < -0.3 is 9.88 Å². The van der Waals surface area contributed by atoms with Crippen LogP contribution in [0.1, 0.15) is 38.4 Å². The third-order valence-electron chi connectivity index (χ3n) is 5.31. The number of hydrogen-bond acceptors (Lipinski definition) is 3. The number of carbonyl (C=O) groups excluding carboxylic acids is 1. The first-order valence-corrected chi connectivity index (χ1v) is 8.74. The second-order valence-electron chi connectivity index (χ2n) is 6.65. The van der Waals surface area contributed by atoms with Gasteiger partial charge in [0, 0.05) is 31.6 Å². The zero-order valence-electron chi connectivity index (χ0n) is 13.7. The molecule has 5 nitrogen and oxygen atoms in total. The number of fused-ring (bicyclic) bond motifs is 2. The van der Waals surface area contributed by atoms with Crippen LogP contribution in [0, 0.1) is 0 Å². The number of carbonyl (C=O) groups is 1. The summed E-state index contributed by atoms with van der Waals surface area (Å²) in [6.07, 6.45) is 3.83. The Hall–Kier alpha value is -1.88. The monoisotopic (exact) mass is 312 g/mol. The maximum Gasteiger partial charge on any atom is 0.220 e. The Morgan fingerprint density at radius 3 is 3.04 bits per heavy atom. The number of nitrogens with zero attached hydrogens (tertiary/aromatic N) is 3. The van der Waals surface area contributed by atoms with Gasteiger partial charge in [-0.05, 0) is 38.3 Å². The van der Waals surface area contributed by atoms with Crippen molar-refractivity contribution in [1.29, 1.82) is 0 Å². The molecule has 3 heterocycles. The number of aromatic nitrogens is 2. The first-order valence-electron chi connectivity index (χ1n) is 8.74. The van der Waals surface area contributed by atoms with E-state index in [1.165, 1.54) is 5.52 Å². The predicted molar refractivity (Wildman–Crippen MR) is 90.0 cm³/mol. The standard InChI is InChI=1S/C18H24N4O/c1-2-22-16-7-4-3-6-13(16)19-17(22)12-21-11-10-14-15(21)8-5-9-18(23)20-14/h3-4,6-7,14-15H,2,5,8-12H2,1H3,(H,20,23)/t14-,15-/m1/s1. The molecular formula is C18H24N4O. The van der Waals surface area contributed by atoms with Gasteiger partial charge in [-0.25, -0.2) is 4.98 Å². The summed E-state index contributed by atoms with van der Waals surface area (Å²) in [5, 5.41) is 3.20. The van der Waals surface area contributed by atoms with E-state index in [0.29, 0.717) is 18.5 Å². The van der Waals surface area contributed by atoms with Crippen molar-refractivity contribution in [3.8, 4) is 0 Å². The van der Waals surface area contributed by atoms with Crippen LogP contribution in [-0.2, 0) is 17.9 Å². The fourth-order valence-electron chi connectivity index (χ4n) is 4.20. The number of benzene rings is 1. The second-order valence-corrected chi connectivity index (χ2v) is 6.65. The molecule has 5 heteroatoms. The largest absolute Gasteiger partial charge is 0.352 e. The summed E-state index contributed by atoms with van der Waals surface area (Å²) in [7, 11) is 0. The quantitative estimate of drug-likeness (QED) is 0.946. The zero-order chi connectivity index (χ0) is 15.8. The number of amides is 1. The van der Waals surface area contributed by atoms with Gasteiger partial charge in [-0.1, -0.05) is 12.1 Å². The summed E-state index contributed by atoms with van der Waals surface area (Å²) < 4.78 is 2.32. The van der Waals surface area contributed by atoms with E-state index in [1.54, 1.807) is 0 Å². The van der Waals surface area contributed by atoms with Crippen molar-refractivity contribution in [3.63, 3.8) is 0 Å². The number of aryl methyl sites for hydroxylation is 1. The van der Waals surface area contributed by atoms with Gasteiger partial charge in [-0.3, -0.25) is 9.69 Å². The lowest BCUT2D eigenvalue weighted by molar-refractivity contribution is -0.121. The van der Waals surface area contributed by atoms with E-state index in [2.05, 4.69) is 39.9 Å². The first-order chi connectivity index (χ1) is 11.3. The molecule has 2 aliphatic heterocycles. The van der Waals surface area contributed by atoms with Gasteiger partial charge in [-0.2, -0.15) is 0 Å². The Morgan fingerprint density at radius 1 is 1.30 bits per heavy atom. The van der Waals surface area contributed by atoms with E-state index in [1.807, 2.05) is 6.07 Å².